The third-order valence-electron chi connectivity index (χ3n) is 2.67. The second-order valence-electron chi connectivity index (χ2n) is 3.55. The number of rotatable bonds is 1. The lowest BCUT2D eigenvalue weighted by Crippen LogP contribution is -2.17. The maximum atomic E-state index is 11.4. The Hall–Kier alpha value is -1.05. The molecule has 1 rings (SSSR count). The van der Waals surface area contributed by atoms with Crippen LogP contribution in [0.1, 0.15) is 27.2 Å². The fourth-order valence-electron chi connectivity index (χ4n) is 1.67. The molecule has 2 heteroatoms. The highest BCUT2D eigenvalue weighted by Crippen LogP contribution is 2.29. The summed E-state index contributed by atoms with van der Waals surface area (Å²) in [7, 11) is 1.43. The second kappa shape index (κ2) is 3.77. The number of methoxy groups -OCH3 is 1. The van der Waals surface area contributed by atoms with Crippen LogP contribution >= 0.6 is 0 Å². The molecule has 0 aromatic rings. The Labute approximate surface area is 79.3 Å². The van der Waals surface area contributed by atoms with E-state index in [2.05, 4.69) is 13.0 Å². The summed E-state index contributed by atoms with van der Waals surface area (Å²) in [6.07, 6.45) is 3.11. The van der Waals surface area contributed by atoms with Gasteiger partial charge in [0.25, 0.3) is 0 Å². The van der Waals surface area contributed by atoms with Crippen molar-refractivity contribution in [3.05, 3.63) is 22.8 Å². The first-order valence-electron chi connectivity index (χ1n) is 4.54. The number of hydrogen-bond donors (Lipinski definition) is 0. The van der Waals surface area contributed by atoms with Crippen LogP contribution in [0.5, 0.6) is 0 Å². The van der Waals surface area contributed by atoms with Gasteiger partial charge in [-0.25, -0.2) is 4.79 Å². The van der Waals surface area contributed by atoms with Gasteiger partial charge in [-0.1, -0.05) is 18.6 Å². The van der Waals surface area contributed by atoms with Crippen molar-refractivity contribution in [3.8, 4) is 0 Å². The van der Waals surface area contributed by atoms with E-state index >= 15 is 0 Å². The van der Waals surface area contributed by atoms with Gasteiger partial charge in [-0.3, -0.25) is 0 Å². The summed E-state index contributed by atoms with van der Waals surface area (Å²) in [6.45, 7) is 6.07. The standard InChI is InChI=1S/C11H16O2/c1-7-5-6-8(2)10(9(7)3)11(12)13-4/h5,8H,6H2,1-4H3. The Morgan fingerprint density at radius 1 is 1.54 bits per heavy atom. The van der Waals surface area contributed by atoms with E-state index in [0.29, 0.717) is 0 Å². The van der Waals surface area contributed by atoms with Gasteiger partial charge >= 0.3 is 5.97 Å². The van der Waals surface area contributed by atoms with Crippen LogP contribution in [-0.2, 0) is 9.53 Å². The average molecular weight is 180 g/mol. The zero-order valence-corrected chi connectivity index (χ0v) is 8.68. The van der Waals surface area contributed by atoms with Crippen molar-refractivity contribution in [2.75, 3.05) is 7.11 Å². The molecule has 0 radical (unpaired) electrons. The third kappa shape index (κ3) is 1.82. The van der Waals surface area contributed by atoms with E-state index < -0.39 is 0 Å². The smallest absolute Gasteiger partial charge is 0.334 e. The first kappa shape index (κ1) is 10.0. The van der Waals surface area contributed by atoms with Gasteiger partial charge < -0.3 is 4.74 Å². The van der Waals surface area contributed by atoms with E-state index in [-0.39, 0.29) is 11.9 Å². The van der Waals surface area contributed by atoms with E-state index in [0.717, 1.165) is 17.6 Å². The van der Waals surface area contributed by atoms with Gasteiger partial charge in [0.05, 0.1) is 7.11 Å². The maximum absolute atomic E-state index is 11.4. The highest BCUT2D eigenvalue weighted by Gasteiger charge is 2.23. The van der Waals surface area contributed by atoms with E-state index in [4.69, 9.17) is 4.74 Å². The zero-order valence-electron chi connectivity index (χ0n) is 8.68. The van der Waals surface area contributed by atoms with Crippen LogP contribution in [-0.4, -0.2) is 13.1 Å². The summed E-state index contributed by atoms with van der Waals surface area (Å²) in [5, 5.41) is 0. The molecule has 0 aliphatic heterocycles. The minimum Gasteiger partial charge on any atom is -0.466 e. The van der Waals surface area contributed by atoms with Crippen LogP contribution in [0.25, 0.3) is 0 Å². The molecule has 0 spiro atoms. The first-order chi connectivity index (χ1) is 6.07. The van der Waals surface area contributed by atoms with Gasteiger partial charge in [0, 0.05) is 5.57 Å². The SMILES string of the molecule is COC(=O)C1=C(C)C(C)=CCC1C. The first-order valence-corrected chi connectivity index (χ1v) is 4.54. The fraction of sp³-hybridized carbons (Fsp3) is 0.545. The lowest BCUT2D eigenvalue weighted by molar-refractivity contribution is -0.136. The summed E-state index contributed by atoms with van der Waals surface area (Å²) in [6, 6.07) is 0. The molecule has 0 aromatic heterocycles. The van der Waals surface area contributed by atoms with Crippen LogP contribution in [0.2, 0.25) is 0 Å². The molecule has 0 N–H and O–H groups in total. The molecule has 0 aromatic carbocycles. The molecule has 0 bridgehead atoms. The predicted octanol–water partition coefficient (Wildman–Crippen LogP) is 2.46. The number of hydrogen-bond acceptors (Lipinski definition) is 2. The molecular formula is C11H16O2. The van der Waals surface area contributed by atoms with E-state index in [1.807, 2.05) is 13.8 Å². The molecule has 1 aliphatic carbocycles. The highest BCUT2D eigenvalue weighted by atomic mass is 16.5. The molecule has 0 fully saturated rings. The summed E-state index contributed by atoms with van der Waals surface area (Å²) in [4.78, 5) is 11.4. The quantitative estimate of drug-likeness (QED) is 0.579. The Bertz CT molecular complexity index is 284. The molecular weight excluding hydrogens is 164 g/mol. The molecule has 0 heterocycles. The lowest BCUT2D eigenvalue weighted by atomic mass is 9.85. The molecule has 13 heavy (non-hydrogen) atoms. The minimum absolute atomic E-state index is 0.183. The van der Waals surface area contributed by atoms with Crippen LogP contribution in [0.3, 0.4) is 0 Å². The number of ether oxygens (including phenoxy) is 1. The van der Waals surface area contributed by atoms with Crippen LogP contribution < -0.4 is 0 Å². The van der Waals surface area contributed by atoms with Gasteiger partial charge in [-0.2, -0.15) is 0 Å². The summed E-state index contributed by atoms with van der Waals surface area (Å²) in [5.74, 6) is 0.105. The highest BCUT2D eigenvalue weighted by molar-refractivity contribution is 5.91. The Morgan fingerprint density at radius 3 is 2.69 bits per heavy atom. The summed E-state index contributed by atoms with van der Waals surface area (Å²) >= 11 is 0. The zero-order chi connectivity index (χ0) is 10.0. The molecule has 1 aliphatic rings. The maximum Gasteiger partial charge on any atom is 0.334 e. The molecule has 0 saturated heterocycles. The van der Waals surface area contributed by atoms with Crippen molar-refractivity contribution in [2.45, 2.75) is 27.2 Å². The van der Waals surface area contributed by atoms with Crippen molar-refractivity contribution < 1.29 is 9.53 Å². The molecule has 0 amide bonds. The monoisotopic (exact) mass is 180 g/mol. The van der Waals surface area contributed by atoms with Gasteiger partial charge in [0.2, 0.25) is 0 Å². The van der Waals surface area contributed by atoms with Crippen molar-refractivity contribution in [1.82, 2.24) is 0 Å². The van der Waals surface area contributed by atoms with Gasteiger partial charge in [0.1, 0.15) is 0 Å². The Kier molecular flexibility index (Phi) is 2.91. The second-order valence-corrected chi connectivity index (χ2v) is 3.55. The number of esters is 1. The van der Waals surface area contributed by atoms with Gasteiger partial charge in [-0.05, 0) is 31.8 Å². The summed E-state index contributed by atoms with van der Waals surface area (Å²) < 4.78 is 4.75. The topological polar surface area (TPSA) is 26.3 Å². The molecule has 1 atom stereocenters. The summed E-state index contributed by atoms with van der Waals surface area (Å²) in [5.41, 5.74) is 3.10. The van der Waals surface area contributed by atoms with Crippen LogP contribution in [0.4, 0.5) is 0 Å². The van der Waals surface area contributed by atoms with Gasteiger partial charge in [0.15, 0.2) is 0 Å². The third-order valence-corrected chi connectivity index (χ3v) is 2.67. The molecule has 0 saturated carbocycles. The van der Waals surface area contributed by atoms with Crippen molar-refractivity contribution in [1.29, 1.82) is 0 Å². The fourth-order valence-corrected chi connectivity index (χ4v) is 1.67. The lowest BCUT2D eigenvalue weighted by Gasteiger charge is -2.21. The Morgan fingerprint density at radius 2 is 2.15 bits per heavy atom. The predicted molar refractivity (Wildman–Crippen MR) is 52.3 cm³/mol. The average Bonchev–Trinajstić information content (AvgIpc) is 2.12. The minimum atomic E-state index is -0.183. The van der Waals surface area contributed by atoms with Crippen molar-refractivity contribution in [3.63, 3.8) is 0 Å². The van der Waals surface area contributed by atoms with E-state index in [9.17, 15) is 4.79 Å². The van der Waals surface area contributed by atoms with Gasteiger partial charge in [-0.15, -0.1) is 0 Å². The molecule has 2 nitrogen and oxygen atoms in total. The van der Waals surface area contributed by atoms with Crippen molar-refractivity contribution >= 4 is 5.97 Å². The number of carbonyl (C=O) groups excluding carboxylic acids is 1. The normalized spacial score (nSPS) is 22.8. The van der Waals surface area contributed by atoms with E-state index in [1.165, 1.54) is 12.7 Å². The van der Waals surface area contributed by atoms with Crippen LogP contribution in [0, 0.1) is 5.92 Å². The number of carbonyl (C=O) groups is 1. The largest absolute Gasteiger partial charge is 0.466 e. The number of allylic oxidation sites excluding steroid dienone is 3. The van der Waals surface area contributed by atoms with E-state index in [1.54, 1.807) is 0 Å². The van der Waals surface area contributed by atoms with Crippen LogP contribution in [0.15, 0.2) is 22.8 Å². The Balaban J connectivity index is 3.07. The van der Waals surface area contributed by atoms with Crippen molar-refractivity contribution in [2.24, 2.45) is 5.92 Å². The molecule has 72 valence electrons. The molecule has 1 unspecified atom stereocenters.